The van der Waals surface area contributed by atoms with Crippen LogP contribution in [-0.2, 0) is 0 Å². The molecule has 1 heterocycles. The summed E-state index contributed by atoms with van der Waals surface area (Å²) < 4.78 is 10.3. The van der Waals surface area contributed by atoms with E-state index in [0.717, 1.165) is 5.56 Å². The van der Waals surface area contributed by atoms with Gasteiger partial charge in [0.05, 0.1) is 32.2 Å². The van der Waals surface area contributed by atoms with Gasteiger partial charge in [-0.3, -0.25) is 4.98 Å². The SMILES string of the molecule is COc1cnc(/C=C/C(O)c2ccccc2)cc1OC. The van der Waals surface area contributed by atoms with E-state index in [1.54, 1.807) is 38.6 Å². The van der Waals surface area contributed by atoms with Crippen LogP contribution in [0.1, 0.15) is 17.4 Å². The molecule has 0 aliphatic rings. The normalized spacial score (nSPS) is 12.3. The van der Waals surface area contributed by atoms with Gasteiger partial charge in [0.15, 0.2) is 11.5 Å². The fraction of sp³-hybridized carbons (Fsp3) is 0.188. The van der Waals surface area contributed by atoms with E-state index in [1.807, 2.05) is 30.3 Å². The van der Waals surface area contributed by atoms with Gasteiger partial charge in [0, 0.05) is 6.07 Å². The lowest BCUT2D eigenvalue weighted by atomic mass is 10.1. The molecule has 0 radical (unpaired) electrons. The summed E-state index contributed by atoms with van der Waals surface area (Å²) in [5.74, 6) is 1.18. The Morgan fingerprint density at radius 2 is 1.80 bits per heavy atom. The Bertz CT molecular complexity index is 582. The van der Waals surface area contributed by atoms with E-state index in [0.29, 0.717) is 17.2 Å². The Hall–Kier alpha value is -2.33. The molecular formula is C16H17NO3. The van der Waals surface area contributed by atoms with Crippen molar-refractivity contribution in [3.05, 3.63) is 59.9 Å². The Morgan fingerprint density at radius 1 is 1.10 bits per heavy atom. The van der Waals surface area contributed by atoms with Crippen molar-refractivity contribution >= 4 is 6.08 Å². The minimum absolute atomic E-state index is 0.577. The second-order valence-electron chi connectivity index (χ2n) is 4.18. The van der Waals surface area contributed by atoms with Crippen LogP contribution in [0, 0.1) is 0 Å². The van der Waals surface area contributed by atoms with E-state index in [9.17, 15) is 5.11 Å². The van der Waals surface area contributed by atoms with E-state index >= 15 is 0 Å². The molecule has 2 aromatic rings. The zero-order valence-electron chi connectivity index (χ0n) is 11.5. The summed E-state index contributed by atoms with van der Waals surface area (Å²) >= 11 is 0. The van der Waals surface area contributed by atoms with Gasteiger partial charge in [-0.2, -0.15) is 0 Å². The Morgan fingerprint density at radius 3 is 2.45 bits per heavy atom. The number of nitrogens with zero attached hydrogens (tertiary/aromatic N) is 1. The van der Waals surface area contributed by atoms with Gasteiger partial charge in [0.25, 0.3) is 0 Å². The first-order valence-electron chi connectivity index (χ1n) is 6.24. The van der Waals surface area contributed by atoms with Crippen LogP contribution >= 0.6 is 0 Å². The topological polar surface area (TPSA) is 51.6 Å². The van der Waals surface area contributed by atoms with Crippen LogP contribution in [0.25, 0.3) is 6.08 Å². The summed E-state index contributed by atoms with van der Waals surface area (Å²) in [4.78, 5) is 4.22. The molecule has 0 spiro atoms. The van der Waals surface area contributed by atoms with Crippen molar-refractivity contribution in [2.24, 2.45) is 0 Å². The van der Waals surface area contributed by atoms with Crippen molar-refractivity contribution in [2.45, 2.75) is 6.10 Å². The van der Waals surface area contributed by atoms with E-state index < -0.39 is 6.10 Å². The number of hydrogen-bond donors (Lipinski definition) is 1. The maximum Gasteiger partial charge on any atom is 0.179 e. The standard InChI is InChI=1S/C16H17NO3/c1-19-15-10-13(17-11-16(15)20-2)8-9-14(18)12-6-4-3-5-7-12/h3-11,14,18H,1-2H3/b9-8+. The maximum absolute atomic E-state index is 10.0. The molecule has 104 valence electrons. The highest BCUT2D eigenvalue weighted by atomic mass is 16.5. The Kier molecular flexibility index (Phi) is 4.74. The van der Waals surface area contributed by atoms with E-state index in [-0.39, 0.29) is 0 Å². The van der Waals surface area contributed by atoms with Crippen molar-refractivity contribution in [1.29, 1.82) is 0 Å². The van der Waals surface area contributed by atoms with Crippen molar-refractivity contribution in [3.63, 3.8) is 0 Å². The predicted octanol–water partition coefficient (Wildman–Crippen LogP) is 2.85. The number of hydrogen-bond acceptors (Lipinski definition) is 4. The summed E-state index contributed by atoms with van der Waals surface area (Å²) in [5, 5.41) is 10.0. The molecule has 1 aromatic heterocycles. The quantitative estimate of drug-likeness (QED) is 0.908. The molecule has 0 saturated heterocycles. The van der Waals surface area contributed by atoms with Gasteiger partial charge < -0.3 is 14.6 Å². The van der Waals surface area contributed by atoms with Crippen LogP contribution in [0.15, 0.2) is 48.7 Å². The van der Waals surface area contributed by atoms with Crippen LogP contribution in [0.3, 0.4) is 0 Å². The van der Waals surface area contributed by atoms with Gasteiger partial charge in [-0.05, 0) is 17.7 Å². The lowest BCUT2D eigenvalue weighted by Crippen LogP contribution is -1.94. The zero-order valence-corrected chi connectivity index (χ0v) is 11.5. The predicted molar refractivity (Wildman–Crippen MR) is 77.8 cm³/mol. The molecular weight excluding hydrogens is 254 g/mol. The smallest absolute Gasteiger partial charge is 0.179 e. The number of methoxy groups -OCH3 is 2. The fourth-order valence-electron chi connectivity index (χ4n) is 1.79. The Labute approximate surface area is 118 Å². The first-order chi connectivity index (χ1) is 9.74. The highest BCUT2D eigenvalue weighted by Crippen LogP contribution is 2.26. The third-order valence-electron chi connectivity index (χ3n) is 2.88. The van der Waals surface area contributed by atoms with Crippen LogP contribution in [0.4, 0.5) is 0 Å². The lowest BCUT2D eigenvalue weighted by Gasteiger charge is -2.08. The monoisotopic (exact) mass is 271 g/mol. The van der Waals surface area contributed by atoms with Gasteiger partial charge in [0.2, 0.25) is 0 Å². The van der Waals surface area contributed by atoms with Crippen LogP contribution in [0.2, 0.25) is 0 Å². The van der Waals surface area contributed by atoms with E-state index in [2.05, 4.69) is 4.98 Å². The molecule has 0 fully saturated rings. The number of pyridine rings is 1. The minimum Gasteiger partial charge on any atom is -0.493 e. The van der Waals surface area contributed by atoms with Gasteiger partial charge in [0.1, 0.15) is 0 Å². The maximum atomic E-state index is 10.0. The fourth-order valence-corrected chi connectivity index (χ4v) is 1.79. The lowest BCUT2D eigenvalue weighted by molar-refractivity contribution is 0.229. The highest BCUT2D eigenvalue weighted by molar-refractivity contribution is 5.52. The summed E-state index contributed by atoms with van der Waals surface area (Å²) in [6, 6.07) is 11.2. The number of ether oxygens (including phenoxy) is 2. The molecule has 0 bridgehead atoms. The molecule has 4 nitrogen and oxygen atoms in total. The van der Waals surface area contributed by atoms with Crippen molar-refractivity contribution < 1.29 is 14.6 Å². The second kappa shape index (κ2) is 6.73. The summed E-state index contributed by atoms with van der Waals surface area (Å²) in [6.07, 6.45) is 4.36. The first-order valence-corrected chi connectivity index (χ1v) is 6.24. The number of aliphatic hydroxyl groups excluding tert-OH is 1. The third-order valence-corrected chi connectivity index (χ3v) is 2.88. The highest BCUT2D eigenvalue weighted by Gasteiger charge is 2.05. The van der Waals surface area contributed by atoms with Crippen LogP contribution < -0.4 is 9.47 Å². The minimum atomic E-state index is -0.661. The first kappa shape index (κ1) is 14.1. The number of benzene rings is 1. The van der Waals surface area contributed by atoms with E-state index in [1.165, 1.54) is 0 Å². The second-order valence-corrected chi connectivity index (χ2v) is 4.18. The van der Waals surface area contributed by atoms with Crippen LogP contribution in [-0.4, -0.2) is 24.3 Å². The molecule has 4 heteroatoms. The van der Waals surface area contributed by atoms with Crippen molar-refractivity contribution in [3.8, 4) is 11.5 Å². The molecule has 2 rings (SSSR count). The zero-order chi connectivity index (χ0) is 14.4. The van der Waals surface area contributed by atoms with Crippen molar-refractivity contribution in [1.82, 2.24) is 4.98 Å². The number of aliphatic hydroxyl groups is 1. The third kappa shape index (κ3) is 3.36. The average Bonchev–Trinajstić information content (AvgIpc) is 2.53. The number of aromatic nitrogens is 1. The van der Waals surface area contributed by atoms with Gasteiger partial charge in [-0.25, -0.2) is 0 Å². The van der Waals surface area contributed by atoms with Crippen LogP contribution in [0.5, 0.6) is 11.5 Å². The van der Waals surface area contributed by atoms with Gasteiger partial charge in [-0.1, -0.05) is 30.3 Å². The van der Waals surface area contributed by atoms with Gasteiger partial charge >= 0.3 is 0 Å². The summed E-state index contributed by atoms with van der Waals surface area (Å²) in [6.45, 7) is 0. The number of rotatable bonds is 5. The van der Waals surface area contributed by atoms with Crippen molar-refractivity contribution in [2.75, 3.05) is 14.2 Å². The molecule has 0 aliphatic carbocycles. The molecule has 1 N–H and O–H groups in total. The Balaban J connectivity index is 2.15. The molecule has 0 saturated carbocycles. The molecule has 0 amide bonds. The largest absolute Gasteiger partial charge is 0.493 e. The molecule has 0 aliphatic heterocycles. The summed E-state index contributed by atoms with van der Waals surface area (Å²) in [7, 11) is 3.14. The molecule has 1 unspecified atom stereocenters. The van der Waals surface area contributed by atoms with E-state index in [4.69, 9.17) is 9.47 Å². The molecule has 1 aromatic carbocycles. The summed E-state index contributed by atoms with van der Waals surface area (Å²) in [5.41, 5.74) is 1.53. The molecule has 20 heavy (non-hydrogen) atoms. The average molecular weight is 271 g/mol. The van der Waals surface area contributed by atoms with Gasteiger partial charge in [-0.15, -0.1) is 0 Å². The molecule has 1 atom stereocenters.